The van der Waals surface area contributed by atoms with Crippen LogP contribution in [0, 0.1) is 5.92 Å². The molecule has 4 heteroatoms. The summed E-state index contributed by atoms with van der Waals surface area (Å²) in [5.74, 6) is 0.110. The first-order chi connectivity index (χ1) is 9.95. The number of carbonyl (C=O) groups excluding carboxylic acids is 2. The fraction of sp³-hybridized carbons (Fsp3) is 0.529. The molecule has 1 aromatic rings. The molecule has 0 fully saturated rings. The maximum Gasteiger partial charge on any atom is 0.260 e. The van der Waals surface area contributed by atoms with Crippen LogP contribution in [0.5, 0.6) is 0 Å². The van der Waals surface area contributed by atoms with Gasteiger partial charge in [-0.25, -0.2) is 0 Å². The third-order valence-electron chi connectivity index (χ3n) is 4.02. The lowest BCUT2D eigenvalue weighted by Gasteiger charge is -2.27. The summed E-state index contributed by atoms with van der Waals surface area (Å²) in [6.45, 7) is 7.43. The van der Waals surface area contributed by atoms with E-state index in [2.05, 4.69) is 26.1 Å². The first-order valence-electron chi connectivity index (χ1n) is 7.62. The lowest BCUT2D eigenvalue weighted by molar-refractivity contribution is -0.127. The van der Waals surface area contributed by atoms with Crippen molar-refractivity contribution in [1.29, 1.82) is 0 Å². The molecule has 4 nitrogen and oxygen atoms in total. The fourth-order valence-electron chi connectivity index (χ4n) is 2.75. The Bertz CT molecular complexity index is 552. The average molecular weight is 288 g/mol. The number of nitrogens with zero attached hydrogens (tertiary/aromatic N) is 1. The topological polar surface area (TPSA) is 49.4 Å². The fourth-order valence-corrected chi connectivity index (χ4v) is 2.75. The molecule has 2 rings (SSSR count). The second-order valence-corrected chi connectivity index (χ2v) is 6.03. The van der Waals surface area contributed by atoms with Crippen LogP contribution < -0.4 is 5.32 Å². The standard InChI is InChI=1S/C17H24N2O2/c1-5-8-18-16(11(2)3)13-7-6-12-10-15(20)19(4)17(21)14(12)9-13/h6-7,9,11,16,18H,5,8,10H2,1-4H3. The summed E-state index contributed by atoms with van der Waals surface area (Å²) >= 11 is 0. The van der Waals surface area contributed by atoms with Gasteiger partial charge in [-0.05, 0) is 36.1 Å². The molecule has 0 saturated heterocycles. The van der Waals surface area contributed by atoms with Crippen LogP contribution in [0.2, 0.25) is 0 Å². The summed E-state index contributed by atoms with van der Waals surface area (Å²) in [6, 6.07) is 6.15. The Balaban J connectivity index is 2.35. The Hall–Kier alpha value is -1.68. The van der Waals surface area contributed by atoms with Crippen molar-refractivity contribution in [1.82, 2.24) is 10.2 Å². The van der Waals surface area contributed by atoms with Crippen molar-refractivity contribution in [2.24, 2.45) is 5.92 Å². The number of hydrogen-bond donors (Lipinski definition) is 1. The van der Waals surface area contributed by atoms with Crippen LogP contribution >= 0.6 is 0 Å². The highest BCUT2D eigenvalue weighted by Crippen LogP contribution is 2.27. The largest absolute Gasteiger partial charge is 0.310 e. The van der Waals surface area contributed by atoms with Crippen molar-refractivity contribution in [3.8, 4) is 0 Å². The molecule has 1 heterocycles. The molecule has 1 atom stereocenters. The minimum absolute atomic E-state index is 0.134. The van der Waals surface area contributed by atoms with E-state index in [0.29, 0.717) is 17.9 Å². The maximum absolute atomic E-state index is 12.3. The number of imide groups is 1. The van der Waals surface area contributed by atoms with Crippen molar-refractivity contribution >= 4 is 11.8 Å². The zero-order chi connectivity index (χ0) is 15.6. The molecular formula is C17H24N2O2. The number of rotatable bonds is 5. The van der Waals surface area contributed by atoms with Crippen molar-refractivity contribution in [2.45, 2.75) is 39.7 Å². The Morgan fingerprint density at radius 2 is 2.00 bits per heavy atom. The highest BCUT2D eigenvalue weighted by atomic mass is 16.2. The summed E-state index contributed by atoms with van der Waals surface area (Å²) in [6.07, 6.45) is 1.39. The summed E-state index contributed by atoms with van der Waals surface area (Å²) in [7, 11) is 1.55. The number of carbonyl (C=O) groups is 2. The van der Waals surface area contributed by atoms with Gasteiger partial charge in [-0.2, -0.15) is 0 Å². The second kappa shape index (κ2) is 6.39. The zero-order valence-corrected chi connectivity index (χ0v) is 13.3. The van der Waals surface area contributed by atoms with E-state index in [1.165, 1.54) is 4.90 Å². The predicted octanol–water partition coefficient (Wildman–Crippen LogP) is 2.54. The minimum Gasteiger partial charge on any atom is -0.310 e. The molecular weight excluding hydrogens is 264 g/mol. The molecule has 21 heavy (non-hydrogen) atoms. The van der Waals surface area contributed by atoms with Crippen LogP contribution in [0.25, 0.3) is 0 Å². The van der Waals surface area contributed by atoms with Crippen LogP contribution in [0.3, 0.4) is 0 Å². The van der Waals surface area contributed by atoms with Crippen molar-refractivity contribution in [3.05, 3.63) is 34.9 Å². The Morgan fingerprint density at radius 1 is 1.29 bits per heavy atom. The quantitative estimate of drug-likeness (QED) is 0.847. The van der Waals surface area contributed by atoms with Gasteiger partial charge in [0, 0.05) is 18.7 Å². The van der Waals surface area contributed by atoms with Crippen molar-refractivity contribution in [3.63, 3.8) is 0 Å². The molecule has 1 N–H and O–H groups in total. The van der Waals surface area contributed by atoms with Gasteiger partial charge in [0.2, 0.25) is 5.91 Å². The van der Waals surface area contributed by atoms with Gasteiger partial charge in [-0.15, -0.1) is 0 Å². The molecule has 0 radical (unpaired) electrons. The molecule has 114 valence electrons. The molecule has 2 amide bonds. The Labute approximate surface area is 126 Å². The van der Waals surface area contributed by atoms with Gasteiger partial charge >= 0.3 is 0 Å². The third kappa shape index (κ3) is 3.16. The van der Waals surface area contributed by atoms with E-state index in [-0.39, 0.29) is 17.9 Å². The molecule has 1 aliphatic heterocycles. The van der Waals surface area contributed by atoms with Crippen molar-refractivity contribution < 1.29 is 9.59 Å². The number of amides is 2. The second-order valence-electron chi connectivity index (χ2n) is 6.03. The number of fused-ring (bicyclic) bond motifs is 1. The van der Waals surface area contributed by atoms with E-state index >= 15 is 0 Å². The number of nitrogens with one attached hydrogen (secondary N) is 1. The average Bonchev–Trinajstić information content (AvgIpc) is 2.45. The molecule has 1 aromatic carbocycles. The van der Waals surface area contributed by atoms with E-state index in [1.54, 1.807) is 7.05 Å². The van der Waals surface area contributed by atoms with Gasteiger partial charge in [-0.1, -0.05) is 32.9 Å². The number of benzene rings is 1. The van der Waals surface area contributed by atoms with Crippen LogP contribution in [0.1, 0.15) is 54.7 Å². The normalized spacial score (nSPS) is 16.3. The van der Waals surface area contributed by atoms with Crippen LogP contribution in [0.4, 0.5) is 0 Å². The summed E-state index contributed by atoms with van der Waals surface area (Å²) in [4.78, 5) is 25.2. The van der Waals surface area contributed by atoms with E-state index in [1.807, 2.05) is 18.2 Å². The van der Waals surface area contributed by atoms with Gasteiger partial charge in [-0.3, -0.25) is 14.5 Å². The number of hydrogen-bond acceptors (Lipinski definition) is 3. The first-order valence-corrected chi connectivity index (χ1v) is 7.62. The lowest BCUT2D eigenvalue weighted by Crippen LogP contribution is -2.39. The highest BCUT2D eigenvalue weighted by Gasteiger charge is 2.29. The van der Waals surface area contributed by atoms with Crippen molar-refractivity contribution in [2.75, 3.05) is 13.6 Å². The van der Waals surface area contributed by atoms with E-state index < -0.39 is 0 Å². The Morgan fingerprint density at radius 3 is 2.62 bits per heavy atom. The van der Waals surface area contributed by atoms with E-state index in [0.717, 1.165) is 24.1 Å². The summed E-state index contributed by atoms with van der Waals surface area (Å²) in [5, 5.41) is 3.53. The number of likely N-dealkylation sites (N-methyl/N-ethyl adjacent to an activating group) is 1. The minimum atomic E-state index is -0.193. The van der Waals surface area contributed by atoms with Crippen LogP contribution in [-0.4, -0.2) is 30.3 Å². The molecule has 0 spiro atoms. The Kier molecular flexibility index (Phi) is 4.78. The van der Waals surface area contributed by atoms with Gasteiger partial charge in [0.05, 0.1) is 6.42 Å². The summed E-state index contributed by atoms with van der Waals surface area (Å²) in [5.41, 5.74) is 2.62. The van der Waals surface area contributed by atoms with E-state index in [4.69, 9.17) is 0 Å². The van der Waals surface area contributed by atoms with Gasteiger partial charge in [0.25, 0.3) is 5.91 Å². The first kappa shape index (κ1) is 15.7. The molecule has 1 unspecified atom stereocenters. The van der Waals surface area contributed by atoms with Gasteiger partial charge in [0.15, 0.2) is 0 Å². The molecule has 0 bridgehead atoms. The molecule has 0 aliphatic carbocycles. The van der Waals surface area contributed by atoms with Gasteiger partial charge in [0.1, 0.15) is 0 Å². The predicted molar refractivity (Wildman–Crippen MR) is 83.1 cm³/mol. The maximum atomic E-state index is 12.3. The van der Waals surface area contributed by atoms with E-state index in [9.17, 15) is 9.59 Å². The highest BCUT2D eigenvalue weighted by molar-refractivity contribution is 6.09. The molecule has 0 saturated carbocycles. The third-order valence-corrected chi connectivity index (χ3v) is 4.02. The van der Waals surface area contributed by atoms with Crippen LogP contribution in [-0.2, 0) is 11.2 Å². The van der Waals surface area contributed by atoms with Gasteiger partial charge < -0.3 is 5.32 Å². The molecule has 0 aromatic heterocycles. The van der Waals surface area contributed by atoms with Crippen LogP contribution in [0.15, 0.2) is 18.2 Å². The monoisotopic (exact) mass is 288 g/mol. The lowest BCUT2D eigenvalue weighted by atomic mass is 9.90. The smallest absolute Gasteiger partial charge is 0.260 e. The summed E-state index contributed by atoms with van der Waals surface area (Å²) < 4.78 is 0. The molecule has 1 aliphatic rings. The zero-order valence-electron chi connectivity index (χ0n) is 13.3. The SMILES string of the molecule is CCCNC(c1ccc2c(c1)C(=O)N(C)C(=O)C2)C(C)C.